The number of halogens is 1. The van der Waals surface area contributed by atoms with E-state index in [1.807, 2.05) is 0 Å². The van der Waals surface area contributed by atoms with E-state index in [1.165, 1.54) is 11.1 Å². The molecule has 0 spiro atoms. The molecular formula is C15H22ClNO. The Bertz CT molecular complexity index is 381. The first-order valence-corrected chi connectivity index (χ1v) is 7.40. The lowest BCUT2D eigenvalue weighted by molar-refractivity contribution is 0.293. The van der Waals surface area contributed by atoms with Crippen molar-refractivity contribution in [3.8, 4) is 5.75 Å². The summed E-state index contributed by atoms with van der Waals surface area (Å²) in [5, 5.41) is 0. The van der Waals surface area contributed by atoms with Gasteiger partial charge in [0, 0.05) is 18.8 Å². The highest BCUT2D eigenvalue weighted by atomic mass is 35.5. The zero-order valence-corrected chi connectivity index (χ0v) is 11.9. The van der Waals surface area contributed by atoms with Crippen LogP contribution in [0.25, 0.3) is 0 Å². The summed E-state index contributed by atoms with van der Waals surface area (Å²) in [4.78, 5) is 2.46. The quantitative estimate of drug-likeness (QED) is 0.704. The highest BCUT2D eigenvalue weighted by Gasteiger charge is 2.12. The number of alkyl halides is 1. The van der Waals surface area contributed by atoms with Gasteiger partial charge in [-0.3, -0.25) is 0 Å². The Kier molecular flexibility index (Phi) is 5.33. The van der Waals surface area contributed by atoms with Gasteiger partial charge in [0.2, 0.25) is 0 Å². The number of fused-ring (bicyclic) bond motifs is 1. The maximum absolute atomic E-state index is 5.74. The van der Waals surface area contributed by atoms with E-state index in [0.29, 0.717) is 0 Å². The van der Waals surface area contributed by atoms with Gasteiger partial charge in [-0.25, -0.2) is 0 Å². The largest absolute Gasteiger partial charge is 0.493 e. The molecule has 0 bridgehead atoms. The molecule has 3 heteroatoms. The van der Waals surface area contributed by atoms with E-state index in [1.54, 1.807) is 0 Å². The van der Waals surface area contributed by atoms with Crippen molar-refractivity contribution in [3.05, 3.63) is 29.3 Å². The number of hydrogen-bond acceptors (Lipinski definition) is 2. The minimum absolute atomic E-state index is 0.757. The molecule has 0 aliphatic carbocycles. The highest BCUT2D eigenvalue weighted by Crippen LogP contribution is 2.26. The minimum atomic E-state index is 0.757. The fourth-order valence-electron chi connectivity index (χ4n) is 2.39. The van der Waals surface area contributed by atoms with Crippen molar-refractivity contribution in [2.24, 2.45) is 0 Å². The summed E-state index contributed by atoms with van der Waals surface area (Å²) in [6.45, 7) is 6.38. The minimum Gasteiger partial charge on any atom is -0.493 e. The predicted molar refractivity (Wildman–Crippen MR) is 76.8 cm³/mol. The van der Waals surface area contributed by atoms with Crippen molar-refractivity contribution in [2.45, 2.75) is 26.2 Å². The third-order valence-electron chi connectivity index (χ3n) is 3.53. The lowest BCUT2D eigenvalue weighted by Crippen LogP contribution is -2.27. The standard InChI is InChI=1S/C15H22ClNO/c1-2-17(9-3-8-16)10-6-13-4-5-15-14(12-13)7-11-18-15/h4-5,12H,2-3,6-11H2,1H3. The lowest BCUT2D eigenvalue weighted by atomic mass is 10.1. The molecule has 2 nitrogen and oxygen atoms in total. The molecule has 1 aliphatic rings. The zero-order chi connectivity index (χ0) is 12.8. The molecule has 0 saturated heterocycles. The molecule has 100 valence electrons. The van der Waals surface area contributed by atoms with Crippen molar-refractivity contribution < 1.29 is 4.74 Å². The first-order valence-electron chi connectivity index (χ1n) is 6.86. The lowest BCUT2D eigenvalue weighted by Gasteiger charge is -2.19. The third kappa shape index (κ3) is 3.63. The van der Waals surface area contributed by atoms with Crippen molar-refractivity contribution in [1.29, 1.82) is 0 Å². The van der Waals surface area contributed by atoms with Crippen LogP contribution >= 0.6 is 11.6 Å². The SMILES string of the molecule is CCN(CCCCl)CCc1ccc2c(c1)CCO2. The molecule has 2 rings (SSSR count). The van der Waals surface area contributed by atoms with E-state index in [9.17, 15) is 0 Å². The van der Waals surface area contributed by atoms with Gasteiger partial charge < -0.3 is 9.64 Å². The van der Waals surface area contributed by atoms with Crippen LogP contribution in [-0.4, -0.2) is 37.0 Å². The van der Waals surface area contributed by atoms with E-state index in [0.717, 1.165) is 57.1 Å². The molecule has 1 aromatic carbocycles. The Labute approximate surface area is 115 Å². The van der Waals surface area contributed by atoms with E-state index < -0.39 is 0 Å². The average Bonchev–Trinajstić information content (AvgIpc) is 2.86. The molecule has 0 N–H and O–H groups in total. The summed E-state index contributed by atoms with van der Waals surface area (Å²) in [5.41, 5.74) is 2.79. The van der Waals surface area contributed by atoms with Gasteiger partial charge in [-0.05, 0) is 43.1 Å². The van der Waals surface area contributed by atoms with E-state index in [2.05, 4.69) is 30.0 Å². The molecule has 1 aliphatic heterocycles. The molecule has 1 aromatic rings. The molecule has 1 heterocycles. The van der Waals surface area contributed by atoms with Gasteiger partial charge in [0.15, 0.2) is 0 Å². The smallest absolute Gasteiger partial charge is 0.122 e. The molecular weight excluding hydrogens is 246 g/mol. The van der Waals surface area contributed by atoms with Crippen LogP contribution in [0.4, 0.5) is 0 Å². The highest BCUT2D eigenvalue weighted by molar-refractivity contribution is 6.17. The van der Waals surface area contributed by atoms with Crippen LogP contribution in [0.15, 0.2) is 18.2 Å². The van der Waals surface area contributed by atoms with Gasteiger partial charge in [0.1, 0.15) is 5.75 Å². The van der Waals surface area contributed by atoms with Crippen LogP contribution in [-0.2, 0) is 12.8 Å². The fourth-order valence-corrected chi connectivity index (χ4v) is 2.51. The Hall–Kier alpha value is -0.730. The van der Waals surface area contributed by atoms with Crippen LogP contribution in [0.1, 0.15) is 24.5 Å². The number of benzene rings is 1. The van der Waals surface area contributed by atoms with Crippen LogP contribution in [0.5, 0.6) is 5.75 Å². The van der Waals surface area contributed by atoms with Gasteiger partial charge >= 0.3 is 0 Å². The first-order chi connectivity index (χ1) is 8.83. The van der Waals surface area contributed by atoms with Crippen molar-refractivity contribution in [2.75, 3.05) is 32.1 Å². The zero-order valence-electron chi connectivity index (χ0n) is 11.1. The molecule has 0 aromatic heterocycles. The van der Waals surface area contributed by atoms with E-state index in [4.69, 9.17) is 16.3 Å². The summed E-state index contributed by atoms with van der Waals surface area (Å²) < 4.78 is 5.53. The van der Waals surface area contributed by atoms with Gasteiger partial charge in [0.25, 0.3) is 0 Å². The van der Waals surface area contributed by atoms with Crippen molar-refractivity contribution >= 4 is 11.6 Å². The normalized spacial score (nSPS) is 13.7. The van der Waals surface area contributed by atoms with Crippen molar-refractivity contribution in [3.63, 3.8) is 0 Å². The van der Waals surface area contributed by atoms with Gasteiger partial charge in [-0.2, -0.15) is 0 Å². The molecule has 0 saturated carbocycles. The monoisotopic (exact) mass is 267 g/mol. The summed E-state index contributed by atoms with van der Waals surface area (Å²) in [5.74, 6) is 1.83. The number of likely N-dealkylation sites (N-methyl/N-ethyl adjacent to an activating group) is 1. The maximum atomic E-state index is 5.74. The van der Waals surface area contributed by atoms with E-state index >= 15 is 0 Å². The van der Waals surface area contributed by atoms with Crippen molar-refractivity contribution in [1.82, 2.24) is 4.90 Å². The van der Waals surface area contributed by atoms with Crippen LogP contribution in [0, 0.1) is 0 Å². The van der Waals surface area contributed by atoms with Crippen LogP contribution < -0.4 is 4.74 Å². The topological polar surface area (TPSA) is 12.5 Å². The summed E-state index contributed by atoms with van der Waals surface area (Å²) >= 11 is 5.74. The number of hydrogen-bond donors (Lipinski definition) is 0. The number of nitrogens with zero attached hydrogens (tertiary/aromatic N) is 1. The molecule has 0 atom stereocenters. The van der Waals surface area contributed by atoms with Gasteiger partial charge in [0.05, 0.1) is 6.61 Å². The molecule has 0 fully saturated rings. The van der Waals surface area contributed by atoms with Crippen LogP contribution in [0.2, 0.25) is 0 Å². The molecule has 0 unspecified atom stereocenters. The van der Waals surface area contributed by atoms with Gasteiger partial charge in [-0.15, -0.1) is 11.6 Å². The Balaban J connectivity index is 1.85. The van der Waals surface area contributed by atoms with Gasteiger partial charge in [-0.1, -0.05) is 19.1 Å². The molecule has 0 radical (unpaired) electrons. The predicted octanol–water partition coefficient (Wildman–Crippen LogP) is 3.11. The number of rotatable bonds is 7. The van der Waals surface area contributed by atoms with E-state index in [-0.39, 0.29) is 0 Å². The summed E-state index contributed by atoms with van der Waals surface area (Å²) in [7, 11) is 0. The number of ether oxygens (including phenoxy) is 1. The Morgan fingerprint density at radius 2 is 2.22 bits per heavy atom. The Morgan fingerprint density at radius 3 is 3.00 bits per heavy atom. The second-order valence-electron chi connectivity index (χ2n) is 4.77. The second kappa shape index (κ2) is 7.01. The Morgan fingerprint density at radius 1 is 1.33 bits per heavy atom. The summed E-state index contributed by atoms with van der Waals surface area (Å²) in [6, 6.07) is 6.62. The first kappa shape index (κ1) is 13.7. The maximum Gasteiger partial charge on any atom is 0.122 e. The third-order valence-corrected chi connectivity index (χ3v) is 3.79. The average molecular weight is 268 g/mol. The molecule has 18 heavy (non-hydrogen) atoms. The fraction of sp³-hybridized carbons (Fsp3) is 0.600. The summed E-state index contributed by atoms with van der Waals surface area (Å²) in [6.07, 6.45) is 3.25. The molecule has 0 amide bonds. The van der Waals surface area contributed by atoms with Crippen LogP contribution in [0.3, 0.4) is 0 Å². The second-order valence-corrected chi connectivity index (χ2v) is 5.15.